The molecular weight excluding hydrogens is 400 g/mol. The van der Waals surface area contributed by atoms with E-state index in [4.69, 9.17) is 11.6 Å². The normalized spacial score (nSPS) is 10.8. The van der Waals surface area contributed by atoms with Crippen molar-refractivity contribution in [1.29, 1.82) is 0 Å². The Bertz CT molecular complexity index is 1090. The Balaban J connectivity index is 1.69. The molecule has 2 amide bonds. The van der Waals surface area contributed by atoms with Crippen molar-refractivity contribution in [3.8, 4) is 0 Å². The summed E-state index contributed by atoms with van der Waals surface area (Å²) in [7, 11) is 0. The molecule has 7 nitrogen and oxygen atoms in total. The minimum absolute atomic E-state index is 0.121. The highest BCUT2D eigenvalue weighted by molar-refractivity contribution is 7.16. The predicted molar refractivity (Wildman–Crippen MR) is 111 cm³/mol. The number of aryl methyl sites for hydroxylation is 1. The average molecular weight is 419 g/mol. The summed E-state index contributed by atoms with van der Waals surface area (Å²) >= 11 is 7.34. The number of halogens is 1. The SMILES string of the molecule is CCN(CC(=O)Nc1cc(Cl)ccc1C)C(=O)Cn1cnc2sccc2c1=O. The summed E-state index contributed by atoms with van der Waals surface area (Å²) < 4.78 is 1.26. The number of likely N-dealkylation sites (N-methyl/N-ethyl adjacent to an activating group) is 1. The molecule has 1 aromatic carbocycles. The Labute approximate surface area is 170 Å². The molecule has 0 aliphatic carbocycles. The zero-order valence-corrected chi connectivity index (χ0v) is 17.0. The van der Waals surface area contributed by atoms with E-state index >= 15 is 0 Å². The van der Waals surface area contributed by atoms with Crippen molar-refractivity contribution >= 4 is 50.7 Å². The van der Waals surface area contributed by atoms with Crippen LogP contribution in [0.2, 0.25) is 5.02 Å². The first-order valence-electron chi connectivity index (χ1n) is 8.65. The van der Waals surface area contributed by atoms with E-state index in [1.54, 1.807) is 36.6 Å². The molecule has 0 fully saturated rings. The van der Waals surface area contributed by atoms with Crippen LogP contribution in [0.4, 0.5) is 5.69 Å². The summed E-state index contributed by atoms with van der Waals surface area (Å²) in [5, 5.41) is 5.55. The molecule has 3 aromatic rings. The third kappa shape index (κ3) is 4.40. The van der Waals surface area contributed by atoms with Crippen LogP contribution in [-0.4, -0.2) is 39.4 Å². The van der Waals surface area contributed by atoms with Gasteiger partial charge in [0, 0.05) is 17.3 Å². The van der Waals surface area contributed by atoms with E-state index in [2.05, 4.69) is 10.3 Å². The highest BCUT2D eigenvalue weighted by Gasteiger charge is 2.18. The van der Waals surface area contributed by atoms with Crippen LogP contribution >= 0.6 is 22.9 Å². The predicted octanol–water partition coefficient (Wildman–Crippen LogP) is 2.91. The third-order valence-corrected chi connectivity index (χ3v) is 5.35. The Kier molecular flexibility index (Phi) is 6.11. The van der Waals surface area contributed by atoms with Crippen LogP contribution < -0.4 is 10.9 Å². The Hall–Kier alpha value is -2.71. The summed E-state index contributed by atoms with van der Waals surface area (Å²) in [6.07, 6.45) is 1.36. The number of hydrogen-bond acceptors (Lipinski definition) is 5. The molecule has 2 heterocycles. The van der Waals surface area contributed by atoms with Crippen molar-refractivity contribution in [1.82, 2.24) is 14.5 Å². The van der Waals surface area contributed by atoms with E-state index in [9.17, 15) is 14.4 Å². The number of benzene rings is 1. The number of amides is 2. The van der Waals surface area contributed by atoms with Crippen LogP contribution in [0.3, 0.4) is 0 Å². The molecule has 2 aromatic heterocycles. The van der Waals surface area contributed by atoms with Crippen LogP contribution in [0, 0.1) is 6.92 Å². The molecule has 28 heavy (non-hydrogen) atoms. The number of anilines is 1. The van der Waals surface area contributed by atoms with Gasteiger partial charge in [0.05, 0.1) is 18.3 Å². The summed E-state index contributed by atoms with van der Waals surface area (Å²) in [5.74, 6) is -0.668. The summed E-state index contributed by atoms with van der Waals surface area (Å²) in [4.78, 5) is 43.7. The van der Waals surface area contributed by atoms with Crippen molar-refractivity contribution in [3.63, 3.8) is 0 Å². The van der Waals surface area contributed by atoms with Gasteiger partial charge in [-0.2, -0.15) is 0 Å². The van der Waals surface area contributed by atoms with Crippen LogP contribution in [0.5, 0.6) is 0 Å². The Morgan fingerprint density at radius 3 is 2.86 bits per heavy atom. The topological polar surface area (TPSA) is 84.3 Å². The second-order valence-electron chi connectivity index (χ2n) is 6.23. The lowest BCUT2D eigenvalue weighted by Gasteiger charge is -2.21. The molecule has 0 spiro atoms. The first kappa shape index (κ1) is 20.0. The third-order valence-electron chi connectivity index (χ3n) is 4.30. The first-order chi connectivity index (χ1) is 13.4. The Morgan fingerprint density at radius 1 is 1.32 bits per heavy atom. The van der Waals surface area contributed by atoms with Gasteiger partial charge < -0.3 is 10.2 Å². The van der Waals surface area contributed by atoms with Crippen molar-refractivity contribution in [2.24, 2.45) is 0 Å². The fraction of sp³-hybridized carbons (Fsp3) is 0.263. The molecule has 0 bridgehead atoms. The first-order valence-corrected chi connectivity index (χ1v) is 9.91. The van der Waals surface area contributed by atoms with E-state index < -0.39 is 0 Å². The molecule has 1 N–H and O–H groups in total. The van der Waals surface area contributed by atoms with Gasteiger partial charge in [-0.25, -0.2) is 4.98 Å². The van der Waals surface area contributed by atoms with E-state index in [0.29, 0.717) is 27.5 Å². The van der Waals surface area contributed by atoms with E-state index in [1.165, 1.54) is 27.1 Å². The lowest BCUT2D eigenvalue weighted by Crippen LogP contribution is -2.41. The molecule has 0 aliphatic heterocycles. The number of hydrogen-bond donors (Lipinski definition) is 1. The smallest absolute Gasteiger partial charge is 0.262 e. The van der Waals surface area contributed by atoms with Gasteiger partial charge in [0.25, 0.3) is 5.56 Å². The second kappa shape index (κ2) is 8.53. The molecule has 0 atom stereocenters. The van der Waals surface area contributed by atoms with Gasteiger partial charge in [-0.3, -0.25) is 19.0 Å². The van der Waals surface area contributed by atoms with E-state index in [-0.39, 0.29) is 30.5 Å². The van der Waals surface area contributed by atoms with Gasteiger partial charge in [-0.05, 0) is 43.0 Å². The quantitative estimate of drug-likeness (QED) is 0.667. The van der Waals surface area contributed by atoms with Crippen LogP contribution in [0.15, 0.2) is 40.8 Å². The maximum Gasteiger partial charge on any atom is 0.262 e. The molecule has 0 aliphatic rings. The number of carbonyl (C=O) groups is 2. The fourth-order valence-corrected chi connectivity index (χ4v) is 3.62. The monoisotopic (exact) mass is 418 g/mol. The largest absolute Gasteiger partial charge is 0.332 e. The fourth-order valence-electron chi connectivity index (χ4n) is 2.72. The van der Waals surface area contributed by atoms with Gasteiger partial charge >= 0.3 is 0 Å². The van der Waals surface area contributed by atoms with E-state index in [1.807, 2.05) is 6.92 Å². The van der Waals surface area contributed by atoms with Gasteiger partial charge in [0.1, 0.15) is 11.4 Å². The van der Waals surface area contributed by atoms with Crippen molar-refractivity contribution in [2.45, 2.75) is 20.4 Å². The number of rotatable bonds is 6. The minimum atomic E-state index is -0.334. The number of fused-ring (bicyclic) bond motifs is 1. The van der Waals surface area contributed by atoms with Crippen LogP contribution in [0.1, 0.15) is 12.5 Å². The summed E-state index contributed by atoms with van der Waals surface area (Å²) in [6, 6.07) is 6.90. The number of thiophene rings is 1. The van der Waals surface area contributed by atoms with Gasteiger partial charge in [0.2, 0.25) is 11.8 Å². The molecule has 146 valence electrons. The standard InChI is InChI=1S/C19H19ClN4O3S/c1-3-23(9-16(25)22-15-8-13(20)5-4-12(15)2)17(26)10-24-11-21-18-14(19(24)27)6-7-28-18/h4-8,11H,3,9-10H2,1-2H3,(H,22,25). The van der Waals surface area contributed by atoms with Gasteiger partial charge in [-0.15, -0.1) is 11.3 Å². The highest BCUT2D eigenvalue weighted by Crippen LogP contribution is 2.20. The maximum absolute atomic E-state index is 12.6. The molecule has 0 saturated carbocycles. The van der Waals surface area contributed by atoms with E-state index in [0.717, 1.165) is 5.56 Å². The molecule has 0 radical (unpaired) electrons. The zero-order valence-electron chi connectivity index (χ0n) is 15.4. The van der Waals surface area contributed by atoms with Gasteiger partial charge in [-0.1, -0.05) is 17.7 Å². The molecule has 9 heteroatoms. The summed E-state index contributed by atoms with van der Waals surface area (Å²) in [5.41, 5.74) is 1.20. The number of carbonyl (C=O) groups excluding carboxylic acids is 2. The average Bonchev–Trinajstić information content (AvgIpc) is 3.14. The van der Waals surface area contributed by atoms with Crippen LogP contribution in [0.25, 0.3) is 10.2 Å². The minimum Gasteiger partial charge on any atom is -0.332 e. The second-order valence-corrected chi connectivity index (χ2v) is 7.56. The molecular formula is C19H19ClN4O3S. The van der Waals surface area contributed by atoms with Crippen LogP contribution in [-0.2, 0) is 16.1 Å². The number of nitrogens with one attached hydrogen (secondary N) is 1. The summed E-state index contributed by atoms with van der Waals surface area (Å²) in [6.45, 7) is 3.68. The Morgan fingerprint density at radius 2 is 2.11 bits per heavy atom. The van der Waals surface area contributed by atoms with Crippen molar-refractivity contribution in [2.75, 3.05) is 18.4 Å². The lowest BCUT2D eigenvalue weighted by molar-refractivity contribution is -0.135. The van der Waals surface area contributed by atoms with Gasteiger partial charge in [0.15, 0.2) is 0 Å². The molecule has 0 saturated heterocycles. The van der Waals surface area contributed by atoms with Crippen molar-refractivity contribution in [3.05, 3.63) is 56.9 Å². The zero-order chi connectivity index (χ0) is 20.3. The lowest BCUT2D eigenvalue weighted by atomic mass is 10.2. The highest BCUT2D eigenvalue weighted by atomic mass is 35.5. The van der Waals surface area contributed by atoms with Crippen molar-refractivity contribution < 1.29 is 9.59 Å². The molecule has 0 unspecified atom stereocenters. The molecule has 3 rings (SSSR count). The maximum atomic E-state index is 12.6. The number of aromatic nitrogens is 2. The number of nitrogens with zero attached hydrogens (tertiary/aromatic N) is 3.